The minimum atomic E-state index is -3.16. The number of carbonyl (C=O) groups excluding carboxylic acids is 1. The van der Waals surface area contributed by atoms with Gasteiger partial charge in [-0.25, -0.2) is 8.42 Å². The Balaban J connectivity index is 1.65. The number of aryl methyl sites for hydroxylation is 1. The number of nitrogens with one attached hydrogen (secondary N) is 1. The molecule has 1 fully saturated rings. The number of nitrogens with two attached hydrogens (primary N) is 1. The first-order chi connectivity index (χ1) is 12.3. The molecule has 1 saturated heterocycles. The maximum absolute atomic E-state index is 12.3. The number of hydrogen-bond acceptors (Lipinski definition) is 4. The van der Waals surface area contributed by atoms with E-state index >= 15 is 0 Å². The van der Waals surface area contributed by atoms with Crippen molar-refractivity contribution in [2.45, 2.75) is 24.4 Å². The van der Waals surface area contributed by atoms with Crippen molar-refractivity contribution in [3.8, 4) is 0 Å². The van der Waals surface area contributed by atoms with E-state index in [1.54, 1.807) is 11.3 Å². The molecule has 2 heterocycles. The molecule has 8 heteroatoms. The third-order valence-electron chi connectivity index (χ3n) is 4.45. The second-order valence-corrected chi connectivity index (χ2v) is 10.3. The number of alkyl halides is 1. The van der Waals surface area contributed by atoms with Crippen molar-refractivity contribution in [1.82, 2.24) is 5.32 Å². The van der Waals surface area contributed by atoms with Crippen molar-refractivity contribution in [3.05, 3.63) is 57.8 Å². The lowest BCUT2D eigenvalue weighted by atomic mass is 10.0. The summed E-state index contributed by atoms with van der Waals surface area (Å²) in [5.74, 6) is -0.365. The third kappa shape index (κ3) is 4.85. The first-order valence-corrected chi connectivity index (χ1v) is 11.5. The molecule has 1 aromatic heterocycles. The zero-order valence-corrected chi connectivity index (χ0v) is 16.8. The number of carbonyl (C=O) groups is 1. The van der Waals surface area contributed by atoms with Gasteiger partial charge in [0.25, 0.3) is 5.91 Å². The lowest BCUT2D eigenvalue weighted by Gasteiger charge is -2.17. The van der Waals surface area contributed by atoms with E-state index in [2.05, 4.69) is 35.6 Å². The number of amides is 1. The summed E-state index contributed by atoms with van der Waals surface area (Å²) < 4.78 is 23.2. The summed E-state index contributed by atoms with van der Waals surface area (Å²) >= 11 is 7.71. The summed E-state index contributed by atoms with van der Waals surface area (Å²) in [6.45, 7) is 2.25. The number of halogens is 1. The van der Waals surface area contributed by atoms with Gasteiger partial charge in [-0.15, -0.1) is 22.9 Å². The molecule has 1 aliphatic rings. The average Bonchev–Trinajstić information content (AvgIpc) is 3.17. The molecule has 2 aromatic rings. The normalized spacial score (nSPS) is 22.8. The maximum atomic E-state index is 12.3. The molecule has 0 bridgehead atoms. The van der Waals surface area contributed by atoms with Crippen LogP contribution >= 0.6 is 22.9 Å². The molecule has 0 aliphatic carbocycles. The minimum absolute atomic E-state index is 0.0282. The SMILES string of the molecule is Cc1ccc([C@H]([NH2+]CC(=O)N[C@H]2CS(=O)(=O)C[C@@H]2Cl)c2cccs2)cc1. The van der Waals surface area contributed by atoms with Gasteiger partial charge in [0.05, 0.1) is 27.8 Å². The van der Waals surface area contributed by atoms with Crippen LogP contribution in [0.25, 0.3) is 0 Å². The molecule has 3 N–H and O–H groups in total. The van der Waals surface area contributed by atoms with Gasteiger partial charge >= 0.3 is 0 Å². The monoisotopic (exact) mass is 413 g/mol. The Morgan fingerprint density at radius 3 is 2.62 bits per heavy atom. The molecule has 3 rings (SSSR count). The summed E-state index contributed by atoms with van der Waals surface area (Å²) in [5.41, 5.74) is 2.32. The molecule has 0 unspecified atom stereocenters. The fourth-order valence-electron chi connectivity index (χ4n) is 3.09. The van der Waals surface area contributed by atoms with E-state index in [0.717, 1.165) is 5.56 Å². The highest BCUT2D eigenvalue weighted by Crippen LogP contribution is 2.23. The smallest absolute Gasteiger partial charge is 0.275 e. The van der Waals surface area contributed by atoms with Gasteiger partial charge in [-0.3, -0.25) is 4.79 Å². The molecule has 5 nitrogen and oxygen atoms in total. The van der Waals surface area contributed by atoms with Crippen LogP contribution in [0.1, 0.15) is 22.0 Å². The van der Waals surface area contributed by atoms with E-state index in [4.69, 9.17) is 11.6 Å². The highest BCUT2D eigenvalue weighted by Gasteiger charge is 2.37. The van der Waals surface area contributed by atoms with Crippen molar-refractivity contribution in [1.29, 1.82) is 0 Å². The quantitative estimate of drug-likeness (QED) is 0.699. The van der Waals surface area contributed by atoms with Crippen LogP contribution in [0.5, 0.6) is 0 Å². The van der Waals surface area contributed by atoms with Crippen LogP contribution in [0.15, 0.2) is 41.8 Å². The zero-order chi connectivity index (χ0) is 18.7. The highest BCUT2D eigenvalue weighted by molar-refractivity contribution is 7.91. The second kappa shape index (κ2) is 8.08. The van der Waals surface area contributed by atoms with Crippen LogP contribution in [-0.4, -0.2) is 43.8 Å². The molecule has 140 valence electrons. The van der Waals surface area contributed by atoms with Crippen LogP contribution in [0.2, 0.25) is 0 Å². The Morgan fingerprint density at radius 1 is 1.31 bits per heavy atom. The first-order valence-electron chi connectivity index (χ1n) is 8.41. The van der Waals surface area contributed by atoms with E-state index in [-0.39, 0.29) is 30.0 Å². The van der Waals surface area contributed by atoms with E-state index < -0.39 is 21.3 Å². The Bertz CT molecular complexity index is 851. The lowest BCUT2D eigenvalue weighted by molar-refractivity contribution is -0.676. The maximum Gasteiger partial charge on any atom is 0.275 e. The molecule has 3 atom stereocenters. The van der Waals surface area contributed by atoms with Crippen LogP contribution < -0.4 is 10.6 Å². The number of rotatable bonds is 6. The van der Waals surface area contributed by atoms with Crippen molar-refractivity contribution in [2.75, 3.05) is 18.1 Å². The Labute approximate surface area is 162 Å². The van der Waals surface area contributed by atoms with Crippen molar-refractivity contribution in [3.63, 3.8) is 0 Å². The summed E-state index contributed by atoms with van der Waals surface area (Å²) in [5, 5.41) is 6.20. The summed E-state index contributed by atoms with van der Waals surface area (Å²) in [7, 11) is -3.16. The summed E-state index contributed by atoms with van der Waals surface area (Å²) in [6, 6.07) is 11.8. The molecule has 1 aromatic carbocycles. The zero-order valence-electron chi connectivity index (χ0n) is 14.4. The predicted molar refractivity (Wildman–Crippen MR) is 104 cm³/mol. The second-order valence-electron chi connectivity index (χ2n) is 6.61. The average molecular weight is 414 g/mol. The largest absolute Gasteiger partial charge is 0.346 e. The molecule has 26 heavy (non-hydrogen) atoms. The van der Waals surface area contributed by atoms with Crippen molar-refractivity contribution < 1.29 is 18.5 Å². The standard InChI is InChI=1S/C18H21ClN2O3S2/c1-12-4-6-13(7-5-12)18(16-3-2-8-25-16)20-9-17(22)21-15-11-26(23,24)10-14(15)19/h2-8,14-15,18,20H,9-11H2,1H3,(H,21,22)/p+1/t14-,15-,18-/m0/s1. The van der Waals surface area contributed by atoms with Gasteiger partial charge in [0.2, 0.25) is 0 Å². The topological polar surface area (TPSA) is 79.8 Å². The van der Waals surface area contributed by atoms with Crippen LogP contribution in [-0.2, 0) is 14.6 Å². The molecule has 0 spiro atoms. The van der Waals surface area contributed by atoms with E-state index in [1.165, 1.54) is 10.4 Å². The predicted octanol–water partition coefficient (Wildman–Crippen LogP) is 1.23. The number of sulfone groups is 1. The van der Waals surface area contributed by atoms with E-state index in [0.29, 0.717) is 0 Å². The van der Waals surface area contributed by atoms with Crippen LogP contribution in [0.4, 0.5) is 0 Å². The minimum Gasteiger partial charge on any atom is -0.346 e. The van der Waals surface area contributed by atoms with Gasteiger partial charge in [0, 0.05) is 5.56 Å². The molecular formula is C18H22ClN2O3S2+. The Morgan fingerprint density at radius 2 is 2.04 bits per heavy atom. The van der Waals surface area contributed by atoms with Crippen LogP contribution in [0.3, 0.4) is 0 Å². The summed E-state index contributed by atoms with van der Waals surface area (Å²) in [6.07, 6.45) is 0. The van der Waals surface area contributed by atoms with Gasteiger partial charge in [-0.05, 0) is 18.4 Å². The van der Waals surface area contributed by atoms with E-state index in [9.17, 15) is 13.2 Å². The van der Waals surface area contributed by atoms with Gasteiger partial charge in [0.1, 0.15) is 6.04 Å². The summed E-state index contributed by atoms with van der Waals surface area (Å²) in [4.78, 5) is 13.5. The fourth-order valence-corrected chi connectivity index (χ4v) is 6.49. The lowest BCUT2D eigenvalue weighted by Crippen LogP contribution is -2.87. The number of quaternary nitrogens is 1. The Hall–Kier alpha value is -1.41. The van der Waals surface area contributed by atoms with Gasteiger partial charge in [-0.1, -0.05) is 35.9 Å². The Kier molecular flexibility index (Phi) is 6.02. The third-order valence-corrected chi connectivity index (χ3v) is 7.79. The number of thiophene rings is 1. The van der Waals surface area contributed by atoms with Crippen LogP contribution in [0, 0.1) is 6.92 Å². The van der Waals surface area contributed by atoms with Crippen molar-refractivity contribution >= 4 is 38.7 Å². The highest BCUT2D eigenvalue weighted by atomic mass is 35.5. The van der Waals surface area contributed by atoms with Gasteiger partial charge in [-0.2, -0.15) is 0 Å². The van der Waals surface area contributed by atoms with Gasteiger partial charge < -0.3 is 10.6 Å². The molecule has 0 saturated carbocycles. The molecule has 1 aliphatic heterocycles. The molecular weight excluding hydrogens is 392 g/mol. The van der Waals surface area contributed by atoms with Crippen molar-refractivity contribution in [2.24, 2.45) is 0 Å². The van der Waals surface area contributed by atoms with E-state index in [1.807, 2.05) is 23.7 Å². The van der Waals surface area contributed by atoms with Gasteiger partial charge in [0.15, 0.2) is 16.4 Å². The number of benzene rings is 1. The number of hydrogen-bond donors (Lipinski definition) is 2. The first kappa shape index (κ1) is 19.4. The fraction of sp³-hybridized carbons (Fsp3) is 0.389. The molecule has 0 radical (unpaired) electrons. The molecule has 1 amide bonds.